The van der Waals surface area contributed by atoms with Crippen molar-refractivity contribution in [3.8, 4) is 0 Å². The van der Waals surface area contributed by atoms with E-state index >= 15 is 0 Å². The van der Waals surface area contributed by atoms with Crippen molar-refractivity contribution in [2.45, 2.75) is 0 Å². The summed E-state index contributed by atoms with van der Waals surface area (Å²) in [5, 5.41) is 4.60. The molecule has 88 valence electrons. The van der Waals surface area contributed by atoms with Gasteiger partial charge in [-0.3, -0.25) is 0 Å². The van der Waals surface area contributed by atoms with Gasteiger partial charge in [0.15, 0.2) is 5.82 Å². The first-order valence-corrected chi connectivity index (χ1v) is 6.11. The molecule has 0 saturated heterocycles. The zero-order valence-electron chi connectivity index (χ0n) is 8.35. The Labute approximate surface area is 118 Å². The van der Waals surface area contributed by atoms with Crippen molar-refractivity contribution in [3.63, 3.8) is 0 Å². The molecule has 1 aromatic carbocycles. The van der Waals surface area contributed by atoms with Gasteiger partial charge in [-0.2, -0.15) is 0 Å². The highest BCUT2D eigenvalue weighted by Gasteiger charge is 2.07. The molecule has 0 unspecified atom stereocenters. The first-order chi connectivity index (χ1) is 8.06. The van der Waals surface area contributed by atoms with E-state index in [-0.39, 0.29) is 5.15 Å². The van der Waals surface area contributed by atoms with Gasteiger partial charge in [0.25, 0.3) is 0 Å². The maximum Gasteiger partial charge on any atom is 0.151 e. The normalized spacial score (nSPS) is 10.4. The minimum absolute atomic E-state index is 0.201. The van der Waals surface area contributed by atoms with Crippen LogP contribution < -0.4 is 5.32 Å². The van der Waals surface area contributed by atoms with Crippen LogP contribution in [0.1, 0.15) is 0 Å². The van der Waals surface area contributed by atoms with Gasteiger partial charge in [-0.05, 0) is 30.3 Å². The number of pyridine rings is 1. The molecule has 1 heterocycles. The maximum absolute atomic E-state index is 5.99. The molecule has 2 nitrogen and oxygen atoms in total. The number of hydrogen-bond acceptors (Lipinski definition) is 2. The molecule has 0 aliphatic carbocycles. The standard InChI is InChI=1S/C11H6Cl4N2/c12-6-1-3-7(4-2-6)16-11-9(14)5-8(13)10(15)17-11/h1-5H,(H,16,17). The van der Waals surface area contributed by atoms with Crippen molar-refractivity contribution in [2.24, 2.45) is 0 Å². The molecule has 0 atom stereocenters. The van der Waals surface area contributed by atoms with Crippen molar-refractivity contribution in [2.75, 3.05) is 5.32 Å². The van der Waals surface area contributed by atoms with Gasteiger partial charge < -0.3 is 5.32 Å². The van der Waals surface area contributed by atoms with Crippen LogP contribution >= 0.6 is 46.4 Å². The molecule has 6 heteroatoms. The van der Waals surface area contributed by atoms with E-state index in [1.54, 1.807) is 12.1 Å². The molecule has 0 amide bonds. The van der Waals surface area contributed by atoms with Crippen molar-refractivity contribution in [1.29, 1.82) is 0 Å². The summed E-state index contributed by atoms with van der Waals surface area (Å²) in [5.74, 6) is 0.448. The Kier molecular flexibility index (Phi) is 4.00. The van der Waals surface area contributed by atoms with Crippen LogP contribution in [0, 0.1) is 0 Å². The minimum atomic E-state index is 0.201. The van der Waals surface area contributed by atoms with Gasteiger partial charge in [0, 0.05) is 10.7 Å². The molecule has 1 N–H and O–H groups in total. The van der Waals surface area contributed by atoms with E-state index in [4.69, 9.17) is 46.4 Å². The number of benzene rings is 1. The van der Waals surface area contributed by atoms with Crippen LogP contribution in [-0.4, -0.2) is 4.98 Å². The SMILES string of the molecule is Clc1ccc(Nc2nc(Cl)c(Cl)cc2Cl)cc1. The second-order valence-electron chi connectivity index (χ2n) is 3.22. The van der Waals surface area contributed by atoms with Crippen LogP contribution in [0.2, 0.25) is 20.2 Å². The van der Waals surface area contributed by atoms with E-state index in [0.717, 1.165) is 5.69 Å². The van der Waals surface area contributed by atoms with Crippen LogP contribution in [0.15, 0.2) is 30.3 Å². The quantitative estimate of drug-likeness (QED) is 0.747. The van der Waals surface area contributed by atoms with Gasteiger partial charge in [0.2, 0.25) is 0 Å². The lowest BCUT2D eigenvalue weighted by molar-refractivity contribution is 1.31. The topological polar surface area (TPSA) is 24.9 Å². The fourth-order valence-corrected chi connectivity index (χ4v) is 1.87. The zero-order valence-corrected chi connectivity index (χ0v) is 11.4. The molecule has 2 rings (SSSR count). The van der Waals surface area contributed by atoms with Crippen molar-refractivity contribution < 1.29 is 0 Å². The molecule has 0 bridgehead atoms. The van der Waals surface area contributed by atoms with Crippen molar-refractivity contribution >= 4 is 57.9 Å². The van der Waals surface area contributed by atoms with E-state index in [9.17, 15) is 0 Å². The van der Waals surface area contributed by atoms with Crippen LogP contribution in [-0.2, 0) is 0 Å². The molecule has 0 aliphatic heterocycles. The molecule has 0 spiro atoms. The average Bonchev–Trinajstić information content (AvgIpc) is 2.29. The largest absolute Gasteiger partial charge is 0.339 e. The Bertz CT molecular complexity index is 540. The van der Waals surface area contributed by atoms with Gasteiger partial charge >= 0.3 is 0 Å². The third-order valence-electron chi connectivity index (χ3n) is 1.99. The summed E-state index contributed by atoms with van der Waals surface area (Å²) in [6.07, 6.45) is 0. The van der Waals surface area contributed by atoms with Crippen LogP contribution in [0.5, 0.6) is 0 Å². The van der Waals surface area contributed by atoms with Crippen LogP contribution in [0.3, 0.4) is 0 Å². The summed E-state index contributed by atoms with van der Waals surface area (Å²) in [5.41, 5.74) is 0.808. The Morgan fingerprint density at radius 1 is 0.882 bits per heavy atom. The molecule has 0 fully saturated rings. The van der Waals surface area contributed by atoms with Crippen molar-refractivity contribution in [1.82, 2.24) is 4.98 Å². The number of hydrogen-bond donors (Lipinski definition) is 1. The summed E-state index contributed by atoms with van der Waals surface area (Å²) in [6, 6.07) is 8.67. The molecule has 0 radical (unpaired) electrons. The second kappa shape index (κ2) is 5.32. The summed E-state index contributed by atoms with van der Waals surface area (Å²) < 4.78 is 0. The molecule has 2 aromatic rings. The molecule has 0 aliphatic rings. The van der Waals surface area contributed by atoms with Gasteiger partial charge in [-0.15, -0.1) is 0 Å². The molecular weight excluding hydrogens is 302 g/mol. The Hall–Kier alpha value is -0.670. The Morgan fingerprint density at radius 3 is 2.18 bits per heavy atom. The zero-order chi connectivity index (χ0) is 12.4. The molecule has 0 saturated carbocycles. The molecule has 17 heavy (non-hydrogen) atoms. The fourth-order valence-electron chi connectivity index (χ4n) is 1.20. The number of halogens is 4. The van der Waals surface area contributed by atoms with E-state index in [2.05, 4.69) is 10.3 Å². The predicted octanol–water partition coefficient (Wildman–Crippen LogP) is 5.44. The maximum atomic E-state index is 5.99. The monoisotopic (exact) mass is 306 g/mol. The summed E-state index contributed by atoms with van der Waals surface area (Å²) >= 11 is 23.4. The third-order valence-corrected chi connectivity index (χ3v) is 3.21. The first kappa shape index (κ1) is 12.8. The lowest BCUT2D eigenvalue weighted by Crippen LogP contribution is -1.95. The number of aromatic nitrogens is 1. The minimum Gasteiger partial charge on any atom is -0.339 e. The number of nitrogens with one attached hydrogen (secondary N) is 1. The van der Waals surface area contributed by atoms with Gasteiger partial charge in [0.1, 0.15) is 5.15 Å². The Morgan fingerprint density at radius 2 is 1.53 bits per heavy atom. The number of anilines is 2. The average molecular weight is 308 g/mol. The third kappa shape index (κ3) is 3.17. The van der Waals surface area contributed by atoms with Crippen molar-refractivity contribution in [3.05, 3.63) is 50.6 Å². The summed E-state index contributed by atoms with van der Waals surface area (Å²) in [4.78, 5) is 4.05. The Balaban J connectivity index is 2.30. The van der Waals surface area contributed by atoms with E-state index in [1.807, 2.05) is 12.1 Å². The van der Waals surface area contributed by atoms with Crippen LogP contribution in [0.4, 0.5) is 11.5 Å². The number of nitrogens with zero attached hydrogens (tertiary/aromatic N) is 1. The molecular formula is C11H6Cl4N2. The second-order valence-corrected chi connectivity index (χ2v) is 4.83. The highest BCUT2D eigenvalue weighted by Crippen LogP contribution is 2.30. The summed E-state index contributed by atoms with van der Waals surface area (Å²) in [6.45, 7) is 0. The fraction of sp³-hybridized carbons (Fsp3) is 0. The first-order valence-electron chi connectivity index (χ1n) is 4.60. The van der Waals surface area contributed by atoms with E-state index < -0.39 is 0 Å². The van der Waals surface area contributed by atoms with E-state index in [0.29, 0.717) is 20.9 Å². The van der Waals surface area contributed by atoms with Gasteiger partial charge in [0.05, 0.1) is 10.0 Å². The summed E-state index contributed by atoms with van der Waals surface area (Å²) in [7, 11) is 0. The lowest BCUT2D eigenvalue weighted by atomic mass is 10.3. The predicted molar refractivity (Wildman–Crippen MR) is 74.0 cm³/mol. The van der Waals surface area contributed by atoms with E-state index in [1.165, 1.54) is 6.07 Å². The molecule has 1 aromatic heterocycles. The smallest absolute Gasteiger partial charge is 0.151 e. The van der Waals surface area contributed by atoms with Gasteiger partial charge in [-0.1, -0.05) is 46.4 Å². The lowest BCUT2D eigenvalue weighted by Gasteiger charge is -2.08. The highest BCUT2D eigenvalue weighted by molar-refractivity contribution is 6.43. The number of rotatable bonds is 2. The van der Waals surface area contributed by atoms with Crippen LogP contribution in [0.25, 0.3) is 0 Å². The highest BCUT2D eigenvalue weighted by atomic mass is 35.5. The van der Waals surface area contributed by atoms with Gasteiger partial charge in [-0.25, -0.2) is 4.98 Å².